The van der Waals surface area contributed by atoms with Crippen LogP contribution in [0.2, 0.25) is 5.02 Å². The van der Waals surface area contributed by atoms with Crippen molar-refractivity contribution in [3.8, 4) is 6.07 Å². The highest BCUT2D eigenvalue weighted by Crippen LogP contribution is 2.21. The molecule has 0 amide bonds. The Morgan fingerprint density at radius 2 is 2.05 bits per heavy atom. The third kappa shape index (κ3) is 2.98. The number of hydrogen-bond donors (Lipinski definition) is 0. The fourth-order valence-electron chi connectivity index (χ4n) is 1.41. The Bertz CT molecular complexity index is 677. The van der Waals surface area contributed by atoms with E-state index in [0.29, 0.717) is 5.46 Å². The van der Waals surface area contributed by atoms with Gasteiger partial charge in [-0.25, -0.2) is 14.4 Å². The topological polar surface area (TPSA) is 49.6 Å². The normalized spacial score (nSPS) is 11.1. The summed E-state index contributed by atoms with van der Waals surface area (Å²) >= 11 is 5.67. The highest BCUT2D eigenvalue weighted by molar-refractivity contribution is 6.31. The Morgan fingerprint density at radius 3 is 2.68 bits per heavy atom. The van der Waals surface area contributed by atoms with Gasteiger partial charge in [-0.1, -0.05) is 29.2 Å². The van der Waals surface area contributed by atoms with E-state index in [1.54, 1.807) is 6.07 Å². The standard InChI is InChI=1S/C13H6BClFN3/c14-10-6-18-13(19-7-10)9(5-17)4-8-2-1-3-11(15)12(8)16/h1-4,6-7H/b9-4+. The number of nitrogens with zero attached hydrogens (tertiary/aromatic N) is 3. The molecule has 0 saturated carbocycles. The van der Waals surface area contributed by atoms with Crippen LogP contribution in [0.15, 0.2) is 30.6 Å². The Kier molecular flexibility index (Phi) is 3.93. The molecule has 0 saturated heterocycles. The summed E-state index contributed by atoms with van der Waals surface area (Å²) in [6, 6.07) is 6.45. The summed E-state index contributed by atoms with van der Waals surface area (Å²) in [6.07, 6.45) is 4.09. The fraction of sp³-hybridized carbons (Fsp3) is 0. The highest BCUT2D eigenvalue weighted by Gasteiger charge is 2.08. The Balaban J connectivity index is 2.48. The summed E-state index contributed by atoms with van der Waals surface area (Å²) in [5.41, 5.74) is 0.709. The van der Waals surface area contributed by atoms with Crippen molar-refractivity contribution < 1.29 is 4.39 Å². The van der Waals surface area contributed by atoms with Crippen molar-refractivity contribution in [3.05, 3.63) is 52.8 Å². The van der Waals surface area contributed by atoms with Gasteiger partial charge in [0.2, 0.25) is 0 Å². The molecule has 0 spiro atoms. The van der Waals surface area contributed by atoms with Crippen molar-refractivity contribution in [2.45, 2.75) is 0 Å². The summed E-state index contributed by atoms with van der Waals surface area (Å²) in [4.78, 5) is 7.83. The monoisotopic (exact) mass is 269 g/mol. The second-order valence-corrected chi connectivity index (χ2v) is 4.06. The van der Waals surface area contributed by atoms with E-state index < -0.39 is 5.82 Å². The average molecular weight is 269 g/mol. The number of rotatable bonds is 2. The van der Waals surface area contributed by atoms with Gasteiger partial charge in [0.15, 0.2) is 5.82 Å². The van der Waals surface area contributed by atoms with Crippen LogP contribution in [0.1, 0.15) is 11.4 Å². The predicted octanol–water partition coefficient (Wildman–Crippen LogP) is 2.13. The summed E-state index contributed by atoms with van der Waals surface area (Å²) in [5, 5.41) is 9.08. The van der Waals surface area contributed by atoms with Crippen LogP contribution in [-0.2, 0) is 0 Å². The zero-order valence-electron chi connectivity index (χ0n) is 9.64. The molecule has 19 heavy (non-hydrogen) atoms. The minimum atomic E-state index is -0.590. The van der Waals surface area contributed by atoms with Crippen LogP contribution in [0.25, 0.3) is 11.6 Å². The lowest BCUT2D eigenvalue weighted by Gasteiger charge is -2.01. The first kappa shape index (κ1) is 13.3. The lowest BCUT2D eigenvalue weighted by molar-refractivity contribution is 0.625. The Labute approximate surface area is 115 Å². The van der Waals surface area contributed by atoms with Crippen LogP contribution in [-0.4, -0.2) is 17.8 Å². The van der Waals surface area contributed by atoms with Crippen molar-refractivity contribution >= 4 is 36.6 Å². The lowest BCUT2D eigenvalue weighted by Crippen LogP contribution is -2.06. The average Bonchev–Trinajstić information content (AvgIpc) is 2.42. The minimum Gasteiger partial charge on any atom is -0.237 e. The Morgan fingerprint density at radius 1 is 1.37 bits per heavy atom. The molecule has 1 aromatic heterocycles. The van der Waals surface area contributed by atoms with Crippen LogP contribution in [0.5, 0.6) is 0 Å². The molecule has 0 fully saturated rings. The van der Waals surface area contributed by atoms with E-state index in [4.69, 9.17) is 24.7 Å². The molecule has 2 radical (unpaired) electrons. The number of benzene rings is 1. The molecule has 0 aliphatic rings. The van der Waals surface area contributed by atoms with Gasteiger partial charge in [-0.3, -0.25) is 0 Å². The van der Waals surface area contributed by atoms with Crippen LogP contribution >= 0.6 is 11.6 Å². The van der Waals surface area contributed by atoms with E-state index in [-0.39, 0.29) is 22.0 Å². The second kappa shape index (κ2) is 5.64. The molecule has 90 valence electrons. The molecule has 0 atom stereocenters. The predicted molar refractivity (Wildman–Crippen MR) is 72.3 cm³/mol. The molecule has 0 N–H and O–H groups in total. The van der Waals surface area contributed by atoms with Gasteiger partial charge in [0, 0.05) is 18.0 Å². The van der Waals surface area contributed by atoms with E-state index >= 15 is 0 Å². The van der Waals surface area contributed by atoms with Gasteiger partial charge < -0.3 is 0 Å². The third-order valence-electron chi connectivity index (χ3n) is 2.31. The van der Waals surface area contributed by atoms with E-state index in [2.05, 4.69) is 9.97 Å². The van der Waals surface area contributed by atoms with Gasteiger partial charge in [-0.05, 0) is 12.1 Å². The summed E-state index contributed by atoms with van der Waals surface area (Å²) < 4.78 is 13.7. The van der Waals surface area contributed by atoms with Gasteiger partial charge in [-0.2, -0.15) is 5.26 Å². The molecule has 2 aromatic rings. The fourth-order valence-corrected chi connectivity index (χ4v) is 1.59. The zero-order valence-corrected chi connectivity index (χ0v) is 10.4. The maximum Gasteiger partial charge on any atom is 0.169 e. The number of nitriles is 1. The van der Waals surface area contributed by atoms with Gasteiger partial charge >= 0.3 is 0 Å². The van der Waals surface area contributed by atoms with Crippen molar-refractivity contribution in [2.75, 3.05) is 0 Å². The third-order valence-corrected chi connectivity index (χ3v) is 2.61. The zero-order chi connectivity index (χ0) is 13.8. The van der Waals surface area contributed by atoms with Crippen LogP contribution < -0.4 is 5.46 Å². The van der Waals surface area contributed by atoms with E-state index in [1.807, 2.05) is 6.07 Å². The molecule has 0 unspecified atom stereocenters. The summed E-state index contributed by atoms with van der Waals surface area (Å²) in [6.45, 7) is 0. The Hall–Kier alpha value is -2.19. The minimum absolute atomic E-state index is 0.00994. The summed E-state index contributed by atoms with van der Waals surface area (Å²) in [5.74, 6) is -0.413. The number of aromatic nitrogens is 2. The molecule has 1 heterocycles. The number of allylic oxidation sites excluding steroid dienone is 1. The largest absolute Gasteiger partial charge is 0.237 e. The molecule has 2 rings (SSSR count). The van der Waals surface area contributed by atoms with Gasteiger partial charge in [0.1, 0.15) is 19.7 Å². The molecular weight excluding hydrogens is 263 g/mol. The summed E-state index contributed by atoms with van der Waals surface area (Å²) in [7, 11) is 5.46. The smallest absolute Gasteiger partial charge is 0.169 e. The van der Waals surface area contributed by atoms with Crippen LogP contribution in [0.4, 0.5) is 4.39 Å². The molecular formula is C13H6BClFN3. The number of halogens is 2. The van der Waals surface area contributed by atoms with Crippen molar-refractivity contribution in [2.24, 2.45) is 0 Å². The lowest BCUT2D eigenvalue weighted by atomic mass is 10.0. The van der Waals surface area contributed by atoms with Gasteiger partial charge in [0.05, 0.1) is 10.6 Å². The van der Waals surface area contributed by atoms with Crippen molar-refractivity contribution in [3.63, 3.8) is 0 Å². The van der Waals surface area contributed by atoms with E-state index in [1.165, 1.54) is 30.6 Å². The second-order valence-electron chi connectivity index (χ2n) is 3.65. The molecule has 0 bridgehead atoms. The van der Waals surface area contributed by atoms with Crippen LogP contribution in [0.3, 0.4) is 0 Å². The first-order valence-corrected chi connectivity index (χ1v) is 5.63. The molecule has 0 aliphatic carbocycles. The SMILES string of the molecule is [B]c1cnc(/C(C#N)=C/c2cccc(Cl)c2F)nc1. The maximum absolute atomic E-state index is 13.7. The highest BCUT2D eigenvalue weighted by atomic mass is 35.5. The molecule has 6 heteroatoms. The first-order chi connectivity index (χ1) is 9.11. The van der Waals surface area contributed by atoms with Crippen molar-refractivity contribution in [1.29, 1.82) is 5.26 Å². The number of hydrogen-bond acceptors (Lipinski definition) is 3. The van der Waals surface area contributed by atoms with Crippen LogP contribution in [0, 0.1) is 17.1 Å². The van der Waals surface area contributed by atoms with Gasteiger partial charge in [0.25, 0.3) is 0 Å². The van der Waals surface area contributed by atoms with E-state index in [0.717, 1.165) is 0 Å². The molecule has 1 aromatic carbocycles. The van der Waals surface area contributed by atoms with Gasteiger partial charge in [-0.15, -0.1) is 0 Å². The molecule has 0 aliphatic heterocycles. The first-order valence-electron chi connectivity index (χ1n) is 5.25. The molecule has 3 nitrogen and oxygen atoms in total. The maximum atomic E-state index is 13.7. The van der Waals surface area contributed by atoms with Crippen molar-refractivity contribution in [1.82, 2.24) is 9.97 Å². The van der Waals surface area contributed by atoms with E-state index in [9.17, 15) is 4.39 Å². The quantitative estimate of drug-likeness (QED) is 0.620.